The van der Waals surface area contributed by atoms with Gasteiger partial charge in [-0.05, 0) is 24.0 Å². The Bertz CT molecular complexity index is 654. The highest BCUT2D eigenvalue weighted by atomic mass is 32.2. The second-order valence-electron chi connectivity index (χ2n) is 5.52. The second-order valence-corrected chi connectivity index (χ2v) is 6.46. The van der Waals surface area contributed by atoms with Crippen molar-refractivity contribution >= 4 is 28.8 Å². The third-order valence-corrected chi connectivity index (χ3v) is 4.59. The zero-order valence-electron chi connectivity index (χ0n) is 12.3. The number of hydrogen-bond acceptors (Lipinski definition) is 3. The Kier molecular flexibility index (Phi) is 4.88. The van der Waals surface area contributed by atoms with Gasteiger partial charge in [0.2, 0.25) is 0 Å². The minimum Gasteiger partial charge on any atom is -0.481 e. The van der Waals surface area contributed by atoms with E-state index in [1.54, 1.807) is 6.07 Å². The molecule has 0 bridgehead atoms. The van der Waals surface area contributed by atoms with Gasteiger partial charge in [-0.15, -0.1) is 0 Å². The third-order valence-electron chi connectivity index (χ3n) is 3.63. The quantitative estimate of drug-likeness (QED) is 0.828. The topological polar surface area (TPSA) is 55.1 Å². The molecule has 0 fully saturated rings. The Morgan fingerprint density at radius 1 is 1.43 bits per heavy atom. The summed E-state index contributed by atoms with van der Waals surface area (Å²) in [6, 6.07) is 4.85. The fourth-order valence-corrected chi connectivity index (χ4v) is 2.74. The molecule has 0 aliphatic rings. The maximum absolute atomic E-state index is 13.9. The largest absolute Gasteiger partial charge is 0.481 e. The van der Waals surface area contributed by atoms with E-state index in [1.165, 1.54) is 6.07 Å². The third kappa shape index (κ3) is 3.56. The van der Waals surface area contributed by atoms with Gasteiger partial charge in [-0.2, -0.15) is 0 Å². The minimum absolute atomic E-state index is 0.0823. The molecule has 0 saturated carbocycles. The summed E-state index contributed by atoms with van der Waals surface area (Å²) in [4.78, 5) is 15.0. The zero-order valence-corrected chi connectivity index (χ0v) is 13.2. The summed E-state index contributed by atoms with van der Waals surface area (Å²) in [6.07, 6.45) is 0. The number of aromatic nitrogens is 2. The summed E-state index contributed by atoms with van der Waals surface area (Å²) < 4.78 is 15.8. The van der Waals surface area contributed by atoms with E-state index in [0.717, 1.165) is 17.3 Å². The maximum Gasteiger partial charge on any atom is 0.313 e. The number of imidazole rings is 1. The van der Waals surface area contributed by atoms with Gasteiger partial charge >= 0.3 is 5.97 Å². The zero-order chi connectivity index (χ0) is 15.6. The summed E-state index contributed by atoms with van der Waals surface area (Å²) in [7, 11) is 0. The number of benzene rings is 1. The number of carboxylic acids is 1. The summed E-state index contributed by atoms with van der Waals surface area (Å²) in [6.45, 7) is 7.09. The summed E-state index contributed by atoms with van der Waals surface area (Å²) >= 11 is 1.13. The molecule has 0 aliphatic carbocycles. The molecule has 2 aromatic rings. The SMILES string of the molecule is CC(C)C(C)Cn1c(SCC(=O)O)nc2c(F)cccc21. The van der Waals surface area contributed by atoms with Gasteiger partial charge in [0, 0.05) is 6.54 Å². The number of carboxylic acid groups (broad SMARTS) is 1. The maximum atomic E-state index is 13.9. The van der Waals surface area contributed by atoms with Gasteiger partial charge in [0.25, 0.3) is 0 Å². The molecule has 1 aromatic carbocycles. The van der Waals surface area contributed by atoms with Crippen LogP contribution in [0.4, 0.5) is 4.39 Å². The molecule has 0 spiro atoms. The predicted octanol–water partition coefficient (Wildman–Crippen LogP) is 3.64. The van der Waals surface area contributed by atoms with Crippen molar-refractivity contribution in [3.63, 3.8) is 0 Å². The van der Waals surface area contributed by atoms with E-state index in [9.17, 15) is 9.18 Å². The van der Waals surface area contributed by atoms with E-state index < -0.39 is 5.97 Å². The fourth-order valence-electron chi connectivity index (χ4n) is 2.00. The molecule has 21 heavy (non-hydrogen) atoms. The Hall–Kier alpha value is -1.56. The molecule has 6 heteroatoms. The van der Waals surface area contributed by atoms with Crippen LogP contribution in [0.1, 0.15) is 20.8 Å². The van der Waals surface area contributed by atoms with Crippen LogP contribution in [0.2, 0.25) is 0 Å². The smallest absolute Gasteiger partial charge is 0.313 e. The van der Waals surface area contributed by atoms with Gasteiger partial charge in [0.1, 0.15) is 5.52 Å². The summed E-state index contributed by atoms with van der Waals surface area (Å²) in [5.74, 6) is -0.499. The molecule has 1 aromatic heterocycles. The molecular weight excluding hydrogens is 291 g/mol. The first-order chi connectivity index (χ1) is 9.90. The molecule has 0 aliphatic heterocycles. The lowest BCUT2D eigenvalue weighted by atomic mass is 9.98. The number of nitrogens with zero attached hydrogens (tertiary/aromatic N) is 2. The number of thioether (sulfide) groups is 1. The fraction of sp³-hybridized carbons (Fsp3) is 0.467. The van der Waals surface area contributed by atoms with E-state index in [2.05, 4.69) is 25.8 Å². The molecule has 1 unspecified atom stereocenters. The van der Waals surface area contributed by atoms with Crippen molar-refractivity contribution in [2.75, 3.05) is 5.75 Å². The Labute approximate surface area is 127 Å². The lowest BCUT2D eigenvalue weighted by molar-refractivity contribution is -0.133. The molecule has 114 valence electrons. The van der Waals surface area contributed by atoms with Crippen molar-refractivity contribution in [3.8, 4) is 0 Å². The first-order valence-electron chi connectivity index (χ1n) is 6.89. The van der Waals surface area contributed by atoms with Crippen molar-refractivity contribution in [2.45, 2.75) is 32.5 Å². The number of carbonyl (C=O) groups is 1. The van der Waals surface area contributed by atoms with E-state index in [0.29, 0.717) is 29.1 Å². The summed E-state index contributed by atoms with van der Waals surface area (Å²) in [5, 5.41) is 9.39. The van der Waals surface area contributed by atoms with Crippen molar-refractivity contribution in [3.05, 3.63) is 24.0 Å². The Morgan fingerprint density at radius 2 is 2.14 bits per heavy atom. The number of hydrogen-bond donors (Lipinski definition) is 1. The van der Waals surface area contributed by atoms with Crippen LogP contribution in [0.5, 0.6) is 0 Å². The minimum atomic E-state index is -0.906. The lowest BCUT2D eigenvalue weighted by Gasteiger charge is -2.18. The van der Waals surface area contributed by atoms with Crippen molar-refractivity contribution in [1.29, 1.82) is 0 Å². The van der Waals surface area contributed by atoms with E-state index in [1.807, 2.05) is 10.6 Å². The molecule has 1 N–H and O–H groups in total. The van der Waals surface area contributed by atoms with E-state index in [-0.39, 0.29) is 11.6 Å². The summed E-state index contributed by atoms with van der Waals surface area (Å²) in [5.41, 5.74) is 1.02. The van der Waals surface area contributed by atoms with E-state index in [4.69, 9.17) is 5.11 Å². The first kappa shape index (κ1) is 15.8. The molecule has 1 heterocycles. The van der Waals surface area contributed by atoms with Gasteiger partial charge in [0.15, 0.2) is 11.0 Å². The Morgan fingerprint density at radius 3 is 2.76 bits per heavy atom. The van der Waals surface area contributed by atoms with Gasteiger partial charge in [-0.1, -0.05) is 38.6 Å². The average Bonchev–Trinajstić information content (AvgIpc) is 2.76. The van der Waals surface area contributed by atoms with Crippen molar-refractivity contribution in [2.24, 2.45) is 11.8 Å². The second kappa shape index (κ2) is 6.47. The van der Waals surface area contributed by atoms with Crippen molar-refractivity contribution < 1.29 is 14.3 Å². The molecule has 0 amide bonds. The predicted molar refractivity (Wildman–Crippen MR) is 82.1 cm³/mol. The van der Waals surface area contributed by atoms with Crippen LogP contribution < -0.4 is 0 Å². The first-order valence-corrected chi connectivity index (χ1v) is 7.88. The normalized spacial score (nSPS) is 13.0. The highest BCUT2D eigenvalue weighted by molar-refractivity contribution is 7.99. The molecule has 2 rings (SSSR count). The van der Waals surface area contributed by atoms with Gasteiger partial charge < -0.3 is 9.67 Å². The molecule has 4 nitrogen and oxygen atoms in total. The lowest BCUT2D eigenvalue weighted by Crippen LogP contribution is -2.14. The van der Waals surface area contributed by atoms with Gasteiger partial charge in [-0.3, -0.25) is 4.79 Å². The van der Waals surface area contributed by atoms with Crippen LogP contribution in [-0.4, -0.2) is 26.4 Å². The van der Waals surface area contributed by atoms with E-state index >= 15 is 0 Å². The number of rotatable bonds is 6. The molecule has 0 radical (unpaired) electrons. The van der Waals surface area contributed by atoms with Crippen LogP contribution in [-0.2, 0) is 11.3 Å². The van der Waals surface area contributed by atoms with Crippen LogP contribution in [0.25, 0.3) is 11.0 Å². The molecule has 1 atom stereocenters. The number of aliphatic carboxylic acids is 1. The molecule has 0 saturated heterocycles. The van der Waals surface area contributed by atoms with Crippen molar-refractivity contribution in [1.82, 2.24) is 9.55 Å². The number of para-hydroxylation sites is 1. The van der Waals surface area contributed by atoms with Crippen LogP contribution in [0, 0.1) is 17.7 Å². The monoisotopic (exact) mass is 310 g/mol. The van der Waals surface area contributed by atoms with Crippen LogP contribution in [0.15, 0.2) is 23.4 Å². The van der Waals surface area contributed by atoms with Crippen LogP contribution >= 0.6 is 11.8 Å². The molecular formula is C15H19FN2O2S. The number of halogens is 1. The van der Waals surface area contributed by atoms with Gasteiger partial charge in [-0.25, -0.2) is 9.37 Å². The number of fused-ring (bicyclic) bond motifs is 1. The van der Waals surface area contributed by atoms with Gasteiger partial charge in [0.05, 0.1) is 11.3 Å². The average molecular weight is 310 g/mol. The standard InChI is InChI=1S/C15H19FN2O2S/c1-9(2)10(3)7-18-12-6-4-5-11(16)14(12)17-15(18)21-8-13(19)20/h4-6,9-10H,7-8H2,1-3H3,(H,19,20). The Balaban J connectivity index is 2.44. The van der Waals surface area contributed by atoms with Crippen LogP contribution in [0.3, 0.4) is 0 Å². The highest BCUT2D eigenvalue weighted by Gasteiger charge is 2.18. The highest BCUT2D eigenvalue weighted by Crippen LogP contribution is 2.27.